The van der Waals surface area contributed by atoms with E-state index in [9.17, 15) is 13.6 Å². The van der Waals surface area contributed by atoms with Crippen LogP contribution in [-0.4, -0.2) is 5.91 Å². The number of thiophene rings is 1. The van der Waals surface area contributed by atoms with Crippen LogP contribution in [0.3, 0.4) is 0 Å². The summed E-state index contributed by atoms with van der Waals surface area (Å²) < 4.78 is 26.2. The SMILES string of the molecule is NC(C(=O)Nc1cc(F)ccc1F)c1cccs1. The number of halogens is 2. The van der Waals surface area contributed by atoms with E-state index < -0.39 is 23.6 Å². The summed E-state index contributed by atoms with van der Waals surface area (Å²) >= 11 is 1.32. The molecule has 3 nitrogen and oxygen atoms in total. The number of amides is 1. The number of anilines is 1. The molecule has 94 valence electrons. The van der Waals surface area contributed by atoms with Crippen LogP contribution in [0.5, 0.6) is 0 Å². The van der Waals surface area contributed by atoms with Crippen LogP contribution in [0.4, 0.5) is 14.5 Å². The van der Waals surface area contributed by atoms with E-state index in [1.165, 1.54) is 11.3 Å². The molecule has 6 heteroatoms. The number of carbonyl (C=O) groups is 1. The number of carbonyl (C=O) groups excluding carboxylic acids is 1. The van der Waals surface area contributed by atoms with Gasteiger partial charge in [0.2, 0.25) is 5.91 Å². The third kappa shape index (κ3) is 2.72. The van der Waals surface area contributed by atoms with Crippen LogP contribution in [0.15, 0.2) is 35.7 Å². The van der Waals surface area contributed by atoms with Crippen molar-refractivity contribution in [2.75, 3.05) is 5.32 Å². The smallest absolute Gasteiger partial charge is 0.246 e. The zero-order valence-electron chi connectivity index (χ0n) is 9.19. The summed E-state index contributed by atoms with van der Waals surface area (Å²) in [6.07, 6.45) is 0. The first kappa shape index (κ1) is 12.7. The summed E-state index contributed by atoms with van der Waals surface area (Å²) in [7, 11) is 0. The van der Waals surface area contributed by atoms with Crippen LogP contribution in [-0.2, 0) is 4.79 Å². The number of rotatable bonds is 3. The Balaban J connectivity index is 2.14. The monoisotopic (exact) mass is 268 g/mol. The second-order valence-electron chi connectivity index (χ2n) is 3.61. The van der Waals surface area contributed by atoms with Gasteiger partial charge in [0.15, 0.2) is 0 Å². The number of benzene rings is 1. The predicted molar refractivity (Wildman–Crippen MR) is 66.2 cm³/mol. The summed E-state index contributed by atoms with van der Waals surface area (Å²) in [6, 6.07) is 5.40. The molecular formula is C12H10F2N2OS. The molecule has 1 amide bonds. The predicted octanol–water partition coefficient (Wildman–Crippen LogP) is 2.66. The normalized spacial score (nSPS) is 12.2. The van der Waals surface area contributed by atoms with E-state index in [0.717, 1.165) is 18.2 Å². The van der Waals surface area contributed by atoms with Gasteiger partial charge in [-0.1, -0.05) is 6.07 Å². The van der Waals surface area contributed by atoms with Crippen LogP contribution in [0.2, 0.25) is 0 Å². The molecule has 0 fully saturated rings. The van der Waals surface area contributed by atoms with E-state index in [4.69, 9.17) is 5.73 Å². The Morgan fingerprint density at radius 3 is 2.78 bits per heavy atom. The molecule has 3 N–H and O–H groups in total. The van der Waals surface area contributed by atoms with E-state index in [1.54, 1.807) is 17.5 Å². The van der Waals surface area contributed by atoms with Crippen molar-refractivity contribution in [2.24, 2.45) is 5.73 Å². The molecule has 1 aromatic carbocycles. The standard InChI is InChI=1S/C12H10F2N2OS/c13-7-3-4-8(14)9(6-7)16-12(17)11(15)10-2-1-5-18-10/h1-6,11H,15H2,(H,16,17). The summed E-state index contributed by atoms with van der Waals surface area (Å²) in [4.78, 5) is 12.4. The van der Waals surface area contributed by atoms with Gasteiger partial charge in [0.1, 0.15) is 17.7 Å². The van der Waals surface area contributed by atoms with Gasteiger partial charge >= 0.3 is 0 Å². The fourth-order valence-electron chi connectivity index (χ4n) is 1.40. The van der Waals surface area contributed by atoms with Gasteiger partial charge in [-0.2, -0.15) is 0 Å². The molecule has 1 heterocycles. The van der Waals surface area contributed by atoms with E-state index in [2.05, 4.69) is 5.32 Å². The Morgan fingerprint density at radius 1 is 1.33 bits per heavy atom. The van der Waals surface area contributed by atoms with Crippen molar-refractivity contribution in [1.29, 1.82) is 0 Å². The minimum Gasteiger partial charge on any atom is -0.322 e. The number of nitrogens with two attached hydrogens (primary N) is 1. The lowest BCUT2D eigenvalue weighted by Gasteiger charge is -2.11. The molecule has 1 unspecified atom stereocenters. The van der Waals surface area contributed by atoms with Gasteiger partial charge in [-0.25, -0.2) is 8.78 Å². The van der Waals surface area contributed by atoms with Crippen LogP contribution >= 0.6 is 11.3 Å². The molecule has 0 radical (unpaired) electrons. The van der Waals surface area contributed by atoms with Gasteiger partial charge in [-0.3, -0.25) is 4.79 Å². The number of hydrogen-bond donors (Lipinski definition) is 2. The summed E-state index contributed by atoms with van der Waals surface area (Å²) in [6.45, 7) is 0. The first-order valence-electron chi connectivity index (χ1n) is 5.13. The van der Waals surface area contributed by atoms with Gasteiger partial charge in [0, 0.05) is 10.9 Å². The largest absolute Gasteiger partial charge is 0.322 e. The Labute approximate surface area is 106 Å². The topological polar surface area (TPSA) is 55.1 Å². The summed E-state index contributed by atoms with van der Waals surface area (Å²) in [5.41, 5.74) is 5.49. The number of nitrogens with one attached hydrogen (secondary N) is 1. The highest BCUT2D eigenvalue weighted by Gasteiger charge is 2.18. The first-order valence-corrected chi connectivity index (χ1v) is 6.01. The molecule has 0 spiro atoms. The highest BCUT2D eigenvalue weighted by atomic mass is 32.1. The van der Waals surface area contributed by atoms with Gasteiger partial charge in [0.25, 0.3) is 0 Å². The van der Waals surface area contributed by atoms with Crippen molar-refractivity contribution in [3.05, 3.63) is 52.2 Å². The van der Waals surface area contributed by atoms with Crippen LogP contribution in [0, 0.1) is 11.6 Å². The van der Waals surface area contributed by atoms with E-state index in [0.29, 0.717) is 4.88 Å². The van der Waals surface area contributed by atoms with Gasteiger partial charge in [0.05, 0.1) is 5.69 Å². The molecule has 2 rings (SSSR count). The van der Waals surface area contributed by atoms with Crippen LogP contribution in [0.1, 0.15) is 10.9 Å². The highest BCUT2D eigenvalue weighted by molar-refractivity contribution is 7.10. The minimum atomic E-state index is -0.896. The lowest BCUT2D eigenvalue weighted by atomic mass is 10.2. The molecule has 0 aliphatic carbocycles. The molecule has 0 bridgehead atoms. The van der Waals surface area contributed by atoms with E-state index >= 15 is 0 Å². The molecular weight excluding hydrogens is 258 g/mol. The molecule has 1 aromatic heterocycles. The maximum absolute atomic E-state index is 13.3. The molecule has 1 atom stereocenters. The van der Waals surface area contributed by atoms with E-state index in [1.807, 2.05) is 0 Å². The molecule has 2 aromatic rings. The zero-order valence-corrected chi connectivity index (χ0v) is 10.0. The molecule has 0 saturated carbocycles. The van der Waals surface area contributed by atoms with Crippen LogP contribution < -0.4 is 11.1 Å². The average Bonchev–Trinajstić information content (AvgIpc) is 2.86. The second-order valence-corrected chi connectivity index (χ2v) is 4.59. The van der Waals surface area contributed by atoms with Crippen molar-refractivity contribution in [3.8, 4) is 0 Å². The lowest BCUT2D eigenvalue weighted by Crippen LogP contribution is -2.27. The van der Waals surface area contributed by atoms with Crippen molar-refractivity contribution >= 4 is 22.9 Å². The highest BCUT2D eigenvalue weighted by Crippen LogP contribution is 2.20. The maximum atomic E-state index is 13.3. The summed E-state index contributed by atoms with van der Waals surface area (Å²) in [5, 5.41) is 4.05. The third-order valence-electron chi connectivity index (χ3n) is 2.32. The molecule has 18 heavy (non-hydrogen) atoms. The maximum Gasteiger partial charge on any atom is 0.246 e. The van der Waals surface area contributed by atoms with Gasteiger partial charge < -0.3 is 11.1 Å². The lowest BCUT2D eigenvalue weighted by molar-refractivity contribution is -0.117. The Kier molecular flexibility index (Phi) is 3.69. The fraction of sp³-hybridized carbons (Fsp3) is 0.0833. The van der Waals surface area contributed by atoms with Gasteiger partial charge in [-0.15, -0.1) is 11.3 Å². The first-order chi connectivity index (χ1) is 8.58. The zero-order chi connectivity index (χ0) is 13.1. The van der Waals surface area contributed by atoms with Gasteiger partial charge in [-0.05, 0) is 23.6 Å². The average molecular weight is 268 g/mol. The quantitative estimate of drug-likeness (QED) is 0.899. The van der Waals surface area contributed by atoms with Crippen molar-refractivity contribution in [1.82, 2.24) is 0 Å². The van der Waals surface area contributed by atoms with E-state index in [-0.39, 0.29) is 5.69 Å². The Morgan fingerprint density at radius 2 is 2.11 bits per heavy atom. The second kappa shape index (κ2) is 5.24. The molecule has 0 aliphatic heterocycles. The summed E-state index contributed by atoms with van der Waals surface area (Å²) in [5.74, 6) is -1.92. The van der Waals surface area contributed by atoms with Crippen LogP contribution in [0.25, 0.3) is 0 Å². The van der Waals surface area contributed by atoms with Crippen molar-refractivity contribution in [3.63, 3.8) is 0 Å². The fourth-order valence-corrected chi connectivity index (χ4v) is 2.13. The molecule has 0 saturated heterocycles. The third-order valence-corrected chi connectivity index (χ3v) is 3.27. The van der Waals surface area contributed by atoms with Crippen molar-refractivity contribution in [2.45, 2.75) is 6.04 Å². The van der Waals surface area contributed by atoms with Crippen molar-refractivity contribution < 1.29 is 13.6 Å². The minimum absolute atomic E-state index is 0.216. The molecule has 0 aliphatic rings. The number of hydrogen-bond acceptors (Lipinski definition) is 3. The Bertz CT molecular complexity index is 557. The Hall–Kier alpha value is -1.79.